The van der Waals surface area contributed by atoms with Gasteiger partial charge in [0.1, 0.15) is 0 Å². The van der Waals surface area contributed by atoms with Crippen LogP contribution in [-0.4, -0.2) is 28.1 Å². The van der Waals surface area contributed by atoms with Crippen LogP contribution in [0, 0.1) is 10.1 Å². The van der Waals surface area contributed by atoms with Crippen LogP contribution in [-0.2, 0) is 19.2 Å². The molecule has 0 N–H and O–H groups in total. The van der Waals surface area contributed by atoms with E-state index in [4.69, 9.17) is 0 Å². The first kappa shape index (κ1) is 16.8. The van der Waals surface area contributed by atoms with E-state index in [-0.39, 0.29) is 63.7 Å². The summed E-state index contributed by atoms with van der Waals surface area (Å²) in [7, 11) is -3.61. The molecule has 0 radical (unpaired) electrons. The molecule has 0 aliphatic carbocycles. The zero-order valence-corrected chi connectivity index (χ0v) is 14.0. The molecule has 0 saturated heterocycles. The maximum absolute atomic E-state index is 10.6. The Morgan fingerprint density at radius 2 is 1.88 bits per heavy atom. The molecule has 0 aromatic heterocycles. The summed E-state index contributed by atoms with van der Waals surface area (Å²) in [5.41, 5.74) is 0.490. The van der Waals surface area contributed by atoms with Gasteiger partial charge in [-0.15, -0.1) is 0 Å². The summed E-state index contributed by atoms with van der Waals surface area (Å²) in [4.78, 5) is 9.77. The molecule has 0 amide bonds. The van der Waals surface area contributed by atoms with Crippen LogP contribution >= 0.6 is 0 Å². The Hall–Kier alpha value is 0.846. The molecule has 0 saturated carbocycles. The van der Waals surface area contributed by atoms with Crippen molar-refractivity contribution in [1.29, 1.82) is 0 Å². The van der Waals surface area contributed by atoms with Crippen LogP contribution in [0.4, 0.5) is 5.69 Å². The molecule has 1 atom stereocenters. The number of benzene rings is 1. The van der Waals surface area contributed by atoms with Crippen molar-refractivity contribution in [2.45, 2.75) is 6.61 Å². The van der Waals surface area contributed by atoms with Gasteiger partial charge >= 0.3 is 144 Å². The van der Waals surface area contributed by atoms with Crippen molar-refractivity contribution in [3.8, 4) is 0 Å². The molecule has 0 aliphatic heterocycles. The second kappa shape index (κ2) is 7.32. The summed E-state index contributed by atoms with van der Waals surface area (Å²) < 4.78 is 25.6. The number of nitro benzene ring substituents is 1. The third-order valence-corrected chi connectivity index (χ3v) is 2.53. The predicted octanol–water partition coefficient (Wildman–Crippen LogP) is -2.47. The van der Waals surface area contributed by atoms with E-state index in [1.54, 1.807) is 0 Å². The van der Waals surface area contributed by atoms with Gasteiger partial charge in [0.15, 0.2) is 0 Å². The summed E-state index contributed by atoms with van der Waals surface area (Å²) >= 11 is 1.86. The van der Waals surface area contributed by atoms with Gasteiger partial charge in [-0.05, 0) is 0 Å². The predicted molar refractivity (Wildman–Crippen MR) is 52.6 cm³/mol. The van der Waals surface area contributed by atoms with Gasteiger partial charge in [0.05, 0.1) is 0 Å². The molecular weight excluding hydrogens is 328 g/mol. The second-order valence-electron chi connectivity index (χ2n) is 2.59. The maximum Gasteiger partial charge on any atom is 1.00 e. The first-order valence-electron chi connectivity index (χ1n) is 3.72. The van der Waals surface area contributed by atoms with E-state index in [0.717, 1.165) is 0 Å². The quantitative estimate of drug-likeness (QED) is 0.346. The van der Waals surface area contributed by atoms with Gasteiger partial charge in [0.2, 0.25) is 0 Å². The summed E-state index contributed by atoms with van der Waals surface area (Å²) in [6.07, 6.45) is 0. The summed E-state index contributed by atoms with van der Waals surface area (Å²) in [5.74, 6) is 0. The third-order valence-electron chi connectivity index (χ3n) is 1.52. The van der Waals surface area contributed by atoms with E-state index >= 15 is 0 Å². The molecule has 0 fully saturated rings. The molecule has 16 heavy (non-hydrogen) atoms. The Kier molecular flexibility index (Phi) is 7.70. The van der Waals surface area contributed by atoms with Crippen molar-refractivity contribution >= 4 is 28.5 Å². The Morgan fingerprint density at radius 3 is 2.25 bits per heavy atom. The van der Waals surface area contributed by atoms with Crippen LogP contribution < -0.4 is 51.4 Å². The SMILES string of the molecule is O=[N+]([O-])c1ccc(COS(=O)([O-])=[Se])cc1.[K+]. The van der Waals surface area contributed by atoms with E-state index in [2.05, 4.69) is 4.18 Å². The van der Waals surface area contributed by atoms with Crippen LogP contribution in [0.1, 0.15) is 5.56 Å². The Bertz CT molecular complexity index is 460. The van der Waals surface area contributed by atoms with Crippen molar-refractivity contribution in [3.63, 3.8) is 0 Å². The number of nitro groups is 1. The fourth-order valence-electron chi connectivity index (χ4n) is 0.854. The molecule has 0 heterocycles. The van der Waals surface area contributed by atoms with Gasteiger partial charge in [-0.3, -0.25) is 0 Å². The smallest absolute Gasteiger partial charge is 1.00 e. The molecule has 0 spiro atoms. The summed E-state index contributed by atoms with van der Waals surface area (Å²) in [5, 5.41) is 10.3. The van der Waals surface area contributed by atoms with E-state index in [1.165, 1.54) is 24.3 Å². The molecule has 82 valence electrons. The standard InChI is InChI=1S/C7H7NO5SSe.K/c9-8(10)7-3-1-6(2-4-7)5-13-14(11,12)15;/h1-4H,5H2,(H,11,12,15);/q;+1/p-1. The first-order chi connectivity index (χ1) is 6.88. The maximum atomic E-state index is 10.6. The molecule has 1 rings (SSSR count). The molecule has 0 aliphatic rings. The number of hydrogen-bond donors (Lipinski definition) is 0. The molecule has 0 bridgehead atoms. The van der Waals surface area contributed by atoms with E-state index < -0.39 is 13.3 Å². The zero-order chi connectivity index (χ0) is 11.5. The third kappa shape index (κ3) is 6.55. The molecule has 1 unspecified atom stereocenters. The van der Waals surface area contributed by atoms with Gasteiger partial charge in [-0.2, -0.15) is 0 Å². The minimum absolute atomic E-state index is 0. The van der Waals surface area contributed by atoms with Crippen LogP contribution in [0.15, 0.2) is 24.3 Å². The van der Waals surface area contributed by atoms with Crippen LogP contribution in [0.5, 0.6) is 0 Å². The summed E-state index contributed by atoms with van der Waals surface area (Å²) in [6.45, 7) is -0.146. The Morgan fingerprint density at radius 1 is 1.38 bits per heavy atom. The Balaban J connectivity index is 0.00000225. The average Bonchev–Trinajstić information content (AvgIpc) is 2.14. The largest absolute Gasteiger partial charge is 1.00 e. The average molecular weight is 334 g/mol. The minimum atomic E-state index is -3.61. The van der Waals surface area contributed by atoms with Gasteiger partial charge in [-0.1, -0.05) is 0 Å². The minimum Gasteiger partial charge on any atom is 1.00 e. The molecule has 1 aromatic rings. The van der Waals surface area contributed by atoms with Gasteiger partial charge in [0.25, 0.3) is 0 Å². The normalized spacial score (nSPS) is 13.6. The van der Waals surface area contributed by atoms with Crippen molar-refractivity contribution in [3.05, 3.63) is 39.9 Å². The van der Waals surface area contributed by atoms with Gasteiger partial charge in [0, 0.05) is 0 Å². The zero-order valence-electron chi connectivity index (χ0n) is 8.32. The van der Waals surface area contributed by atoms with Crippen molar-refractivity contribution < 1.29 is 69.3 Å². The topological polar surface area (TPSA) is 92.5 Å². The van der Waals surface area contributed by atoms with Crippen LogP contribution in [0.25, 0.3) is 0 Å². The first-order valence-corrected chi connectivity index (χ1v) is 7.15. The number of non-ortho nitro benzene ring substituents is 1. The molecule has 9 heteroatoms. The van der Waals surface area contributed by atoms with Crippen molar-refractivity contribution in [2.24, 2.45) is 0 Å². The van der Waals surface area contributed by atoms with Crippen molar-refractivity contribution in [2.75, 3.05) is 0 Å². The molecule has 6 nitrogen and oxygen atoms in total. The van der Waals surface area contributed by atoms with Gasteiger partial charge < -0.3 is 0 Å². The fraction of sp³-hybridized carbons (Fsp3) is 0.143. The van der Waals surface area contributed by atoms with Crippen LogP contribution in [0.2, 0.25) is 0 Å². The fourth-order valence-corrected chi connectivity index (χ4v) is 1.44. The number of hydrogen-bond acceptors (Lipinski definition) is 5. The monoisotopic (exact) mass is 335 g/mol. The number of rotatable bonds is 4. The number of nitrogens with zero attached hydrogens (tertiary/aromatic N) is 1. The van der Waals surface area contributed by atoms with E-state index in [9.17, 15) is 18.9 Å². The van der Waals surface area contributed by atoms with Gasteiger partial charge in [-0.25, -0.2) is 0 Å². The summed E-state index contributed by atoms with van der Waals surface area (Å²) in [6, 6.07) is 5.43. The van der Waals surface area contributed by atoms with E-state index in [0.29, 0.717) is 5.56 Å². The Labute approximate surface area is 142 Å². The van der Waals surface area contributed by atoms with Crippen LogP contribution in [0.3, 0.4) is 0 Å². The van der Waals surface area contributed by atoms with E-state index in [1.807, 2.05) is 14.4 Å². The molecular formula is C7H6KNO5SSe. The molecule has 1 aromatic carbocycles. The second-order valence-corrected chi connectivity index (χ2v) is 6.22. The van der Waals surface area contributed by atoms with Crippen molar-refractivity contribution in [1.82, 2.24) is 0 Å².